The van der Waals surface area contributed by atoms with Gasteiger partial charge in [-0.3, -0.25) is 4.79 Å². The molecule has 2 N–H and O–H groups in total. The average molecular weight is 167 g/mol. The van der Waals surface area contributed by atoms with Gasteiger partial charge in [-0.1, -0.05) is 0 Å². The molecule has 5 heteroatoms. The Labute approximate surface area is 67.9 Å². The summed E-state index contributed by atoms with van der Waals surface area (Å²) in [5, 5.41) is 2.97. The summed E-state index contributed by atoms with van der Waals surface area (Å²) in [5.74, 6) is 3.39. The van der Waals surface area contributed by atoms with Crippen molar-refractivity contribution >= 4 is 12.0 Å². The number of aromatic nitrogens is 1. The third-order valence-corrected chi connectivity index (χ3v) is 1.18. The van der Waals surface area contributed by atoms with Crippen molar-refractivity contribution in [1.29, 1.82) is 0 Å². The molecule has 0 saturated heterocycles. The van der Waals surface area contributed by atoms with Gasteiger partial charge in [0.15, 0.2) is 5.82 Å². The highest BCUT2D eigenvalue weighted by atomic mass is 19.1. The van der Waals surface area contributed by atoms with E-state index in [-0.39, 0.29) is 5.69 Å². The first-order chi connectivity index (χ1) is 5.75. The Bertz CT molecular complexity index is 324. The van der Waals surface area contributed by atoms with Crippen LogP contribution >= 0.6 is 0 Å². The topological polar surface area (TPSA) is 68.3 Å². The smallest absolute Gasteiger partial charge is 0.227 e. The van der Waals surface area contributed by atoms with Gasteiger partial charge in [-0.05, 0) is 12.1 Å². The number of nitrogens with zero attached hydrogens (tertiary/aromatic N) is 2. The molecule has 1 aromatic rings. The van der Waals surface area contributed by atoms with Crippen molar-refractivity contribution in [2.75, 3.05) is 0 Å². The van der Waals surface area contributed by atoms with E-state index in [1.807, 2.05) is 0 Å². The predicted octanol–water partition coefficient (Wildman–Crippen LogP) is 0.348. The maximum atomic E-state index is 12.8. The molecule has 0 aromatic carbocycles. The molecule has 0 fully saturated rings. The Hall–Kier alpha value is -1.78. The fourth-order valence-corrected chi connectivity index (χ4v) is 0.696. The summed E-state index contributed by atoms with van der Waals surface area (Å²) >= 11 is 0. The zero-order valence-electron chi connectivity index (χ0n) is 6.07. The molecule has 0 radical (unpaired) electrons. The van der Waals surface area contributed by atoms with Crippen LogP contribution in [0, 0.1) is 5.82 Å². The number of carbonyl (C=O) groups excluding carboxylic acids is 1. The van der Waals surface area contributed by atoms with Gasteiger partial charge >= 0.3 is 0 Å². The SMILES string of the molecule is N/N=C/C(=O)c1ncccc1F. The molecule has 0 aliphatic carbocycles. The number of ketones is 1. The first kappa shape index (κ1) is 8.32. The molecule has 0 bridgehead atoms. The molecular weight excluding hydrogens is 161 g/mol. The van der Waals surface area contributed by atoms with Crippen LogP contribution in [0.4, 0.5) is 4.39 Å². The van der Waals surface area contributed by atoms with E-state index in [1.54, 1.807) is 0 Å². The largest absolute Gasteiger partial charge is 0.323 e. The third-order valence-electron chi connectivity index (χ3n) is 1.18. The Morgan fingerprint density at radius 1 is 1.75 bits per heavy atom. The zero-order valence-corrected chi connectivity index (χ0v) is 6.07. The number of pyridine rings is 1. The third kappa shape index (κ3) is 1.63. The van der Waals surface area contributed by atoms with Gasteiger partial charge < -0.3 is 5.84 Å². The van der Waals surface area contributed by atoms with Crippen molar-refractivity contribution in [2.45, 2.75) is 0 Å². The van der Waals surface area contributed by atoms with Crippen LogP contribution in [-0.2, 0) is 0 Å². The van der Waals surface area contributed by atoms with Gasteiger partial charge in [-0.25, -0.2) is 9.37 Å². The molecule has 0 saturated carbocycles. The van der Waals surface area contributed by atoms with Crippen molar-refractivity contribution in [1.82, 2.24) is 4.98 Å². The van der Waals surface area contributed by atoms with Crippen LogP contribution in [0.1, 0.15) is 10.5 Å². The highest BCUT2D eigenvalue weighted by molar-refractivity contribution is 6.34. The summed E-state index contributed by atoms with van der Waals surface area (Å²) in [6.07, 6.45) is 2.13. The lowest BCUT2D eigenvalue weighted by atomic mass is 10.2. The normalized spacial score (nSPS) is 10.4. The Morgan fingerprint density at radius 3 is 3.08 bits per heavy atom. The summed E-state index contributed by atoms with van der Waals surface area (Å²) in [6, 6.07) is 2.54. The van der Waals surface area contributed by atoms with Crippen LogP contribution < -0.4 is 5.84 Å². The highest BCUT2D eigenvalue weighted by Crippen LogP contribution is 2.01. The molecular formula is C7H6FN3O. The molecule has 0 atom stereocenters. The standard InChI is InChI=1S/C7H6FN3O/c8-5-2-1-3-10-7(5)6(12)4-11-9/h1-4H,9H2/b11-4+. The highest BCUT2D eigenvalue weighted by Gasteiger charge is 2.09. The van der Waals surface area contributed by atoms with Crippen LogP contribution in [0.2, 0.25) is 0 Å². The van der Waals surface area contributed by atoms with Gasteiger partial charge in [0, 0.05) is 6.20 Å². The molecule has 0 aliphatic heterocycles. The quantitative estimate of drug-likeness (QED) is 0.299. The average Bonchev–Trinajstić information content (AvgIpc) is 2.05. The lowest BCUT2D eigenvalue weighted by Crippen LogP contribution is -2.07. The number of rotatable bonds is 2. The first-order valence-electron chi connectivity index (χ1n) is 3.14. The van der Waals surface area contributed by atoms with Gasteiger partial charge in [-0.15, -0.1) is 0 Å². The number of Topliss-reactive ketones (excluding diaryl/α,β-unsaturated/α-hetero) is 1. The minimum absolute atomic E-state index is 0.272. The van der Waals surface area contributed by atoms with Crippen LogP contribution in [-0.4, -0.2) is 17.0 Å². The Balaban J connectivity index is 3.03. The Kier molecular flexibility index (Phi) is 2.47. The molecule has 1 rings (SSSR count). The summed E-state index contributed by atoms with van der Waals surface area (Å²) in [4.78, 5) is 14.5. The van der Waals surface area contributed by atoms with Crippen molar-refractivity contribution in [3.05, 3.63) is 29.8 Å². The summed E-state index contributed by atoms with van der Waals surface area (Å²) < 4.78 is 12.8. The second-order valence-corrected chi connectivity index (χ2v) is 1.98. The van der Waals surface area contributed by atoms with Crippen molar-refractivity contribution in [2.24, 2.45) is 10.9 Å². The minimum Gasteiger partial charge on any atom is -0.323 e. The van der Waals surface area contributed by atoms with Gasteiger partial charge in [-0.2, -0.15) is 5.10 Å². The number of hydrogen-bond donors (Lipinski definition) is 1. The molecule has 1 heterocycles. The van der Waals surface area contributed by atoms with E-state index >= 15 is 0 Å². The molecule has 0 amide bonds. The second-order valence-electron chi connectivity index (χ2n) is 1.98. The molecule has 4 nitrogen and oxygen atoms in total. The number of carbonyl (C=O) groups is 1. The van der Waals surface area contributed by atoms with Crippen molar-refractivity contribution < 1.29 is 9.18 Å². The summed E-state index contributed by atoms with van der Waals surface area (Å²) in [7, 11) is 0. The fraction of sp³-hybridized carbons (Fsp3) is 0. The van der Waals surface area contributed by atoms with E-state index in [2.05, 4.69) is 10.1 Å². The van der Waals surface area contributed by atoms with Crippen LogP contribution in [0.25, 0.3) is 0 Å². The van der Waals surface area contributed by atoms with Crippen molar-refractivity contribution in [3.8, 4) is 0 Å². The van der Waals surface area contributed by atoms with Gasteiger partial charge in [0.05, 0.1) is 6.21 Å². The maximum absolute atomic E-state index is 12.8. The van der Waals surface area contributed by atoms with E-state index in [1.165, 1.54) is 12.3 Å². The van der Waals surface area contributed by atoms with Crippen LogP contribution in [0.3, 0.4) is 0 Å². The number of halogens is 1. The maximum Gasteiger partial charge on any atom is 0.227 e. The summed E-state index contributed by atoms with van der Waals surface area (Å²) in [6.45, 7) is 0. The fourth-order valence-electron chi connectivity index (χ4n) is 0.696. The number of nitrogens with two attached hydrogens (primary N) is 1. The molecule has 0 unspecified atom stereocenters. The molecule has 12 heavy (non-hydrogen) atoms. The molecule has 62 valence electrons. The molecule has 0 spiro atoms. The first-order valence-corrected chi connectivity index (χ1v) is 3.14. The van der Waals surface area contributed by atoms with Crippen LogP contribution in [0.5, 0.6) is 0 Å². The van der Waals surface area contributed by atoms with Crippen molar-refractivity contribution in [3.63, 3.8) is 0 Å². The minimum atomic E-state index is -0.678. The zero-order chi connectivity index (χ0) is 8.97. The van der Waals surface area contributed by atoms with E-state index < -0.39 is 11.6 Å². The van der Waals surface area contributed by atoms with Crippen LogP contribution in [0.15, 0.2) is 23.4 Å². The van der Waals surface area contributed by atoms with Gasteiger partial charge in [0.25, 0.3) is 0 Å². The second kappa shape index (κ2) is 3.56. The van der Waals surface area contributed by atoms with Gasteiger partial charge in [0.2, 0.25) is 5.78 Å². The van der Waals surface area contributed by atoms with E-state index in [9.17, 15) is 9.18 Å². The number of hydrazone groups is 1. The molecule has 1 aromatic heterocycles. The monoisotopic (exact) mass is 167 g/mol. The van der Waals surface area contributed by atoms with Gasteiger partial charge in [0.1, 0.15) is 5.69 Å². The summed E-state index contributed by atoms with van der Waals surface area (Å²) in [5.41, 5.74) is -0.272. The Morgan fingerprint density at radius 2 is 2.50 bits per heavy atom. The lowest BCUT2D eigenvalue weighted by Gasteiger charge is -1.93. The van der Waals surface area contributed by atoms with E-state index in [0.29, 0.717) is 0 Å². The molecule has 0 aliphatic rings. The predicted molar refractivity (Wildman–Crippen MR) is 41.2 cm³/mol. The van der Waals surface area contributed by atoms with E-state index in [4.69, 9.17) is 5.84 Å². The van der Waals surface area contributed by atoms with E-state index in [0.717, 1.165) is 12.3 Å². The number of hydrogen-bond acceptors (Lipinski definition) is 4. The lowest BCUT2D eigenvalue weighted by molar-refractivity contribution is 0.106.